The normalized spacial score (nSPS) is 11.1. The van der Waals surface area contributed by atoms with E-state index in [0.29, 0.717) is 35.8 Å². The fraction of sp³-hybridized carbons (Fsp3) is 0.107. The Morgan fingerprint density at radius 2 is 0.872 bits per heavy atom. The van der Waals surface area contributed by atoms with E-state index < -0.39 is 15.2 Å². The molecule has 6 nitrogen and oxygen atoms in total. The molecular formula is C28H27Cl2O6P2Pd-. The fourth-order valence-corrected chi connectivity index (χ4v) is 6.47. The van der Waals surface area contributed by atoms with Crippen molar-refractivity contribution in [3.05, 3.63) is 127 Å². The van der Waals surface area contributed by atoms with Crippen LogP contribution < -0.4 is 18.1 Å². The Bertz CT molecular complexity index is 1130. The standard InChI is InChI=1S/C28H27O6P2.2ClH.Pd/c29-35(31-25-15-5-1-6-16-25,32-26-17-7-2-8-18-26)23-13-14-24-36(30,33-27-19-9-3-10-20-27)34-28-21-11-4-12-22-28;;;/h1-12,15-23H,13-14,24H2;2*1H;/q-1;;;+2/p-2. The molecule has 0 unspecified atom stereocenters. The summed E-state index contributed by atoms with van der Waals surface area (Å²) >= 11 is -0.106. The molecule has 0 amide bonds. The Morgan fingerprint density at radius 3 is 1.21 bits per heavy atom. The summed E-state index contributed by atoms with van der Waals surface area (Å²) in [6.45, 7) is 0. The van der Waals surface area contributed by atoms with Crippen LogP contribution in [-0.4, -0.2) is 6.16 Å². The van der Waals surface area contributed by atoms with E-state index >= 15 is 0 Å². The zero-order chi connectivity index (χ0) is 27.8. The van der Waals surface area contributed by atoms with Crippen LogP contribution in [0.5, 0.6) is 23.0 Å². The van der Waals surface area contributed by atoms with Crippen LogP contribution in [0.1, 0.15) is 12.8 Å². The van der Waals surface area contributed by atoms with Gasteiger partial charge in [0.1, 0.15) is 23.0 Å². The molecule has 4 rings (SSSR count). The number of hydrogen-bond donors (Lipinski definition) is 0. The molecule has 0 bridgehead atoms. The summed E-state index contributed by atoms with van der Waals surface area (Å²) in [5.74, 6) is 1.76. The van der Waals surface area contributed by atoms with Gasteiger partial charge in [0.2, 0.25) is 0 Å². The summed E-state index contributed by atoms with van der Waals surface area (Å²) in [4.78, 5) is 0. The average molecular weight is 699 g/mol. The van der Waals surface area contributed by atoms with Crippen LogP contribution in [0.2, 0.25) is 0 Å². The average Bonchev–Trinajstić information content (AvgIpc) is 2.94. The van der Waals surface area contributed by atoms with E-state index in [2.05, 4.69) is 0 Å². The van der Waals surface area contributed by atoms with Crippen molar-refractivity contribution in [2.24, 2.45) is 0 Å². The van der Waals surface area contributed by atoms with Gasteiger partial charge in [-0.25, -0.2) is 4.57 Å². The molecule has 0 saturated heterocycles. The number of hydrogen-bond acceptors (Lipinski definition) is 6. The maximum atomic E-state index is 13.7. The molecule has 0 fully saturated rings. The molecule has 0 aliphatic rings. The predicted octanol–water partition coefficient (Wildman–Crippen LogP) is 10.0. The molecule has 0 N–H and O–H groups in total. The minimum atomic E-state index is -3.67. The topological polar surface area (TPSA) is 71.1 Å². The molecule has 0 atom stereocenters. The summed E-state index contributed by atoms with van der Waals surface area (Å²) in [5.41, 5.74) is 0. The van der Waals surface area contributed by atoms with Gasteiger partial charge in [0, 0.05) is 0 Å². The van der Waals surface area contributed by atoms with E-state index in [1.165, 1.54) is 6.16 Å². The Labute approximate surface area is 245 Å². The summed E-state index contributed by atoms with van der Waals surface area (Å²) < 4.78 is 50.5. The first kappa shape index (κ1) is 31.3. The van der Waals surface area contributed by atoms with Crippen LogP contribution in [0, 0.1) is 6.16 Å². The third kappa shape index (κ3) is 11.8. The van der Waals surface area contributed by atoms with Crippen LogP contribution in [0.3, 0.4) is 0 Å². The summed E-state index contributed by atoms with van der Waals surface area (Å²) in [6, 6.07) is 35.5. The molecule has 11 heteroatoms. The Morgan fingerprint density at radius 1 is 0.564 bits per heavy atom. The molecule has 4 aromatic rings. The molecule has 39 heavy (non-hydrogen) atoms. The number of rotatable bonds is 13. The first-order chi connectivity index (χ1) is 18.9. The molecule has 0 heterocycles. The van der Waals surface area contributed by atoms with E-state index in [9.17, 15) is 9.13 Å². The van der Waals surface area contributed by atoms with Gasteiger partial charge in [0.25, 0.3) is 7.60 Å². The second-order valence-corrected chi connectivity index (χ2v) is 14.1. The number of halogens is 2. The van der Waals surface area contributed by atoms with Gasteiger partial charge in [-0.15, -0.1) is 0 Å². The Kier molecular flexibility index (Phi) is 13.5. The zero-order valence-corrected chi connectivity index (χ0v) is 25.5. The van der Waals surface area contributed by atoms with Crippen molar-refractivity contribution in [1.29, 1.82) is 0 Å². The number of para-hydroxylation sites is 4. The fourth-order valence-electron chi connectivity index (χ4n) is 3.28. The van der Waals surface area contributed by atoms with Crippen LogP contribution in [-0.2, 0) is 25.1 Å². The van der Waals surface area contributed by atoms with Gasteiger partial charge < -0.3 is 18.1 Å². The van der Waals surface area contributed by atoms with Gasteiger partial charge in [-0.2, -0.15) is 12.6 Å². The maximum absolute atomic E-state index is 13.7. The molecule has 4 aromatic carbocycles. The van der Waals surface area contributed by atoms with Crippen molar-refractivity contribution in [2.75, 3.05) is 6.16 Å². The molecule has 0 radical (unpaired) electrons. The molecule has 0 saturated carbocycles. The molecule has 0 aliphatic carbocycles. The first-order valence-corrected chi connectivity index (χ1v) is 19.1. The van der Waals surface area contributed by atoms with E-state index in [0.717, 1.165) is 0 Å². The Balaban J connectivity index is 0.00000134. The second-order valence-electron chi connectivity index (χ2n) is 7.86. The van der Waals surface area contributed by atoms with Crippen molar-refractivity contribution < 1.29 is 43.2 Å². The molecule has 0 aromatic heterocycles. The monoisotopic (exact) mass is 697 g/mol. The van der Waals surface area contributed by atoms with Gasteiger partial charge in [0.15, 0.2) is 0 Å². The minimum absolute atomic E-state index is 0.101. The van der Waals surface area contributed by atoms with Gasteiger partial charge in [-0.3, -0.25) is 4.57 Å². The van der Waals surface area contributed by atoms with Gasteiger partial charge in [0.05, 0.1) is 6.16 Å². The molecule has 0 aliphatic heterocycles. The van der Waals surface area contributed by atoms with Crippen LogP contribution in [0.25, 0.3) is 0 Å². The van der Waals surface area contributed by atoms with Gasteiger partial charge in [-0.05, 0) is 48.5 Å². The third-order valence-electron chi connectivity index (χ3n) is 4.92. The summed E-state index contributed by atoms with van der Waals surface area (Å²) in [5, 5.41) is 0. The van der Waals surface area contributed by atoms with Crippen LogP contribution in [0.15, 0.2) is 121 Å². The van der Waals surface area contributed by atoms with Crippen molar-refractivity contribution >= 4 is 34.2 Å². The number of unbranched alkanes of at least 4 members (excludes halogenated alkanes) is 1. The van der Waals surface area contributed by atoms with Crippen molar-refractivity contribution in [1.82, 2.24) is 0 Å². The molecule has 0 spiro atoms. The van der Waals surface area contributed by atoms with Crippen LogP contribution in [0.4, 0.5) is 0 Å². The first-order valence-electron chi connectivity index (χ1n) is 11.8. The van der Waals surface area contributed by atoms with E-state index in [4.69, 9.17) is 37.2 Å². The van der Waals surface area contributed by atoms with Crippen molar-refractivity contribution in [3.63, 3.8) is 0 Å². The molecule has 210 valence electrons. The predicted molar refractivity (Wildman–Crippen MR) is 154 cm³/mol. The van der Waals surface area contributed by atoms with Gasteiger partial charge >= 0.3 is 42.6 Å². The SMILES string of the molecule is O=P([CH-]CCCP(=O)(Oc1ccccc1)Oc1ccccc1)(Oc1ccccc1)Oc1ccccc1.[Cl][Pd][Cl]. The zero-order valence-electron chi connectivity index (χ0n) is 20.7. The summed E-state index contributed by atoms with van der Waals surface area (Å²) in [6.07, 6.45) is 2.28. The Hall–Kier alpha value is -2.22. The van der Waals surface area contributed by atoms with Crippen LogP contribution >= 0.6 is 34.2 Å². The second kappa shape index (κ2) is 16.8. The quantitative estimate of drug-likeness (QED) is 0.0599. The molecular weight excluding hydrogens is 672 g/mol. The van der Waals surface area contributed by atoms with E-state index in [1.807, 2.05) is 24.3 Å². The van der Waals surface area contributed by atoms with E-state index in [-0.39, 0.29) is 22.1 Å². The van der Waals surface area contributed by atoms with Crippen molar-refractivity contribution in [3.8, 4) is 23.0 Å². The van der Waals surface area contributed by atoms with E-state index in [1.54, 1.807) is 97.1 Å². The summed E-state index contributed by atoms with van der Waals surface area (Å²) in [7, 11) is 2.38. The third-order valence-corrected chi connectivity index (χ3v) is 8.39. The number of benzene rings is 4. The van der Waals surface area contributed by atoms with Crippen molar-refractivity contribution in [2.45, 2.75) is 12.8 Å². The van der Waals surface area contributed by atoms with Gasteiger partial charge in [-0.1, -0.05) is 79.2 Å².